The molecule has 0 unspecified atom stereocenters. The van der Waals surface area contributed by atoms with Crippen LogP contribution in [0.2, 0.25) is 0 Å². The number of alkyl halides is 3. The van der Waals surface area contributed by atoms with Crippen LogP contribution in [-0.2, 0) is 6.18 Å². The largest absolute Gasteiger partial charge is 0.416 e. The van der Waals surface area contributed by atoms with Gasteiger partial charge in [-0.1, -0.05) is 17.3 Å². The van der Waals surface area contributed by atoms with Gasteiger partial charge >= 0.3 is 6.18 Å². The zero-order chi connectivity index (χ0) is 15.7. The number of hydrogen-bond acceptors (Lipinski definition) is 4. The van der Waals surface area contributed by atoms with Crippen molar-refractivity contribution in [2.45, 2.75) is 6.18 Å². The first kappa shape index (κ1) is 14.2. The average Bonchev–Trinajstić information content (AvgIpc) is 2.96. The van der Waals surface area contributed by atoms with Gasteiger partial charge in [-0.3, -0.25) is 0 Å². The lowest BCUT2D eigenvalue weighted by molar-refractivity contribution is -0.137. The van der Waals surface area contributed by atoms with E-state index in [9.17, 15) is 17.6 Å². The summed E-state index contributed by atoms with van der Waals surface area (Å²) in [5.74, 6) is -0.538. The third-order valence-corrected chi connectivity index (χ3v) is 2.87. The Labute approximate surface area is 121 Å². The first-order valence-corrected chi connectivity index (χ1v) is 6.07. The van der Waals surface area contributed by atoms with E-state index in [4.69, 9.17) is 4.52 Å². The summed E-state index contributed by atoms with van der Waals surface area (Å²) in [6.07, 6.45) is -3.16. The van der Waals surface area contributed by atoms with E-state index < -0.39 is 17.7 Å². The van der Waals surface area contributed by atoms with Gasteiger partial charge in [-0.2, -0.15) is 22.5 Å². The summed E-state index contributed by atoms with van der Waals surface area (Å²) in [4.78, 5) is 7.43. The lowest BCUT2D eigenvalue weighted by Crippen LogP contribution is -2.04. The van der Waals surface area contributed by atoms with Gasteiger partial charge in [0.2, 0.25) is 11.8 Å². The monoisotopic (exact) mass is 309 g/mol. The summed E-state index contributed by atoms with van der Waals surface area (Å²) in [5, 5.41) is 3.67. The summed E-state index contributed by atoms with van der Waals surface area (Å²) < 4.78 is 55.5. The van der Waals surface area contributed by atoms with Gasteiger partial charge in [-0.25, -0.2) is 4.98 Å². The first-order valence-electron chi connectivity index (χ1n) is 6.07. The molecule has 0 spiro atoms. The van der Waals surface area contributed by atoms with Gasteiger partial charge in [0.15, 0.2) is 0 Å². The van der Waals surface area contributed by atoms with Gasteiger partial charge in [0.05, 0.1) is 5.56 Å². The molecular formula is C14H7F4N3O. The van der Waals surface area contributed by atoms with Gasteiger partial charge in [0.25, 0.3) is 5.89 Å². The Bertz CT molecular complexity index is 796. The first-order chi connectivity index (χ1) is 10.4. The highest BCUT2D eigenvalue weighted by Gasteiger charge is 2.30. The molecular weight excluding hydrogens is 302 g/mol. The second-order valence-corrected chi connectivity index (χ2v) is 4.37. The Balaban J connectivity index is 1.91. The number of rotatable bonds is 2. The van der Waals surface area contributed by atoms with Gasteiger partial charge in [-0.05, 0) is 18.2 Å². The Morgan fingerprint density at radius 2 is 1.68 bits per heavy atom. The molecule has 0 saturated heterocycles. The van der Waals surface area contributed by atoms with E-state index in [1.807, 2.05) is 0 Å². The van der Waals surface area contributed by atoms with E-state index in [2.05, 4.69) is 15.1 Å². The highest BCUT2D eigenvalue weighted by atomic mass is 19.4. The number of nitrogens with zero attached hydrogens (tertiary/aromatic N) is 3. The van der Waals surface area contributed by atoms with E-state index in [0.29, 0.717) is 11.1 Å². The zero-order valence-electron chi connectivity index (χ0n) is 10.8. The maximum atomic E-state index is 13.0. The van der Waals surface area contributed by atoms with Gasteiger partial charge in [0, 0.05) is 23.4 Å². The Morgan fingerprint density at radius 1 is 0.955 bits per heavy atom. The minimum Gasteiger partial charge on any atom is -0.334 e. The van der Waals surface area contributed by atoms with Crippen LogP contribution in [0.3, 0.4) is 0 Å². The van der Waals surface area contributed by atoms with Crippen molar-refractivity contribution in [2.75, 3.05) is 0 Å². The van der Waals surface area contributed by atoms with E-state index in [-0.39, 0.29) is 11.7 Å². The molecule has 0 amide bonds. The number of hydrogen-bond donors (Lipinski definition) is 0. The molecule has 4 nitrogen and oxygen atoms in total. The number of halogens is 4. The minimum atomic E-state index is -4.41. The fourth-order valence-corrected chi connectivity index (χ4v) is 1.80. The van der Waals surface area contributed by atoms with Crippen molar-refractivity contribution in [3.63, 3.8) is 0 Å². The minimum absolute atomic E-state index is 0.0520. The molecule has 112 valence electrons. The fraction of sp³-hybridized carbons (Fsp3) is 0.0714. The standard InChI is InChI=1S/C14H7F4N3O/c15-11-7-9(5-6-19-11)13-20-12(21-22-13)8-1-3-10(4-2-8)14(16,17)18/h1-7H. The number of benzene rings is 1. The number of aromatic nitrogens is 3. The summed E-state index contributed by atoms with van der Waals surface area (Å²) in [6, 6.07) is 6.93. The van der Waals surface area contributed by atoms with E-state index in [1.165, 1.54) is 24.4 Å². The van der Waals surface area contributed by atoms with Crippen LogP contribution >= 0.6 is 0 Å². The van der Waals surface area contributed by atoms with Crippen molar-refractivity contribution in [1.82, 2.24) is 15.1 Å². The molecule has 0 fully saturated rings. The molecule has 0 saturated carbocycles. The van der Waals surface area contributed by atoms with E-state index in [0.717, 1.165) is 18.2 Å². The van der Waals surface area contributed by atoms with Crippen molar-refractivity contribution in [1.29, 1.82) is 0 Å². The molecule has 0 atom stereocenters. The average molecular weight is 309 g/mol. The summed E-state index contributed by atoms with van der Waals surface area (Å²) in [6.45, 7) is 0. The Hall–Kier alpha value is -2.77. The number of pyridine rings is 1. The van der Waals surface area contributed by atoms with Gasteiger partial charge in [-0.15, -0.1) is 0 Å². The van der Waals surface area contributed by atoms with Crippen LogP contribution in [0.1, 0.15) is 5.56 Å². The lowest BCUT2D eigenvalue weighted by Gasteiger charge is -2.05. The smallest absolute Gasteiger partial charge is 0.334 e. The summed E-state index contributed by atoms with van der Waals surface area (Å²) in [5.41, 5.74) is -0.0770. The van der Waals surface area contributed by atoms with E-state index in [1.54, 1.807) is 0 Å². The molecule has 2 aromatic heterocycles. The van der Waals surface area contributed by atoms with Crippen molar-refractivity contribution in [3.8, 4) is 22.8 Å². The zero-order valence-corrected chi connectivity index (χ0v) is 10.8. The molecule has 0 bridgehead atoms. The molecule has 0 N–H and O–H groups in total. The molecule has 8 heteroatoms. The topological polar surface area (TPSA) is 51.8 Å². The molecule has 22 heavy (non-hydrogen) atoms. The molecule has 1 aromatic carbocycles. The quantitative estimate of drug-likeness (QED) is 0.531. The molecule has 3 aromatic rings. The third-order valence-electron chi connectivity index (χ3n) is 2.87. The van der Waals surface area contributed by atoms with Crippen molar-refractivity contribution >= 4 is 0 Å². The lowest BCUT2D eigenvalue weighted by atomic mass is 10.1. The Kier molecular flexibility index (Phi) is 3.36. The fourth-order valence-electron chi connectivity index (χ4n) is 1.80. The summed E-state index contributed by atoms with van der Waals surface area (Å²) >= 11 is 0. The van der Waals surface area contributed by atoms with Crippen molar-refractivity contribution in [2.24, 2.45) is 0 Å². The SMILES string of the molecule is Fc1cc(-c2nc(-c3ccc(C(F)(F)F)cc3)no2)ccn1. The maximum Gasteiger partial charge on any atom is 0.416 e. The van der Waals surface area contributed by atoms with E-state index >= 15 is 0 Å². The van der Waals surface area contributed by atoms with Crippen LogP contribution in [0.15, 0.2) is 47.1 Å². The van der Waals surface area contributed by atoms with Crippen LogP contribution in [0.25, 0.3) is 22.8 Å². The predicted molar refractivity (Wildman–Crippen MR) is 67.9 cm³/mol. The summed E-state index contributed by atoms with van der Waals surface area (Å²) in [7, 11) is 0. The molecule has 2 heterocycles. The Morgan fingerprint density at radius 3 is 2.32 bits per heavy atom. The molecule has 0 aliphatic heterocycles. The van der Waals surface area contributed by atoms with Crippen molar-refractivity contribution in [3.05, 3.63) is 54.1 Å². The second kappa shape index (κ2) is 5.21. The van der Waals surface area contributed by atoms with Crippen LogP contribution in [0, 0.1) is 5.95 Å². The second-order valence-electron chi connectivity index (χ2n) is 4.37. The molecule has 0 radical (unpaired) electrons. The molecule has 0 aliphatic rings. The highest BCUT2D eigenvalue weighted by molar-refractivity contribution is 5.59. The highest BCUT2D eigenvalue weighted by Crippen LogP contribution is 2.30. The third kappa shape index (κ3) is 2.80. The molecule has 3 rings (SSSR count). The van der Waals surface area contributed by atoms with Crippen LogP contribution in [0.5, 0.6) is 0 Å². The van der Waals surface area contributed by atoms with Gasteiger partial charge < -0.3 is 4.52 Å². The van der Waals surface area contributed by atoms with Gasteiger partial charge in [0.1, 0.15) is 0 Å². The van der Waals surface area contributed by atoms with Crippen LogP contribution < -0.4 is 0 Å². The maximum absolute atomic E-state index is 13.0. The van der Waals surface area contributed by atoms with Crippen molar-refractivity contribution < 1.29 is 22.1 Å². The molecule has 0 aliphatic carbocycles. The predicted octanol–water partition coefficient (Wildman–Crippen LogP) is 3.96. The normalized spacial score (nSPS) is 11.6. The van der Waals surface area contributed by atoms with Crippen LogP contribution in [0.4, 0.5) is 17.6 Å². The van der Waals surface area contributed by atoms with Crippen LogP contribution in [-0.4, -0.2) is 15.1 Å².